The minimum absolute atomic E-state index is 0.436. The van der Waals surface area contributed by atoms with Crippen LogP contribution in [-0.4, -0.2) is 23.8 Å². The Morgan fingerprint density at radius 3 is 2.59 bits per heavy atom. The standard InChI is InChI=1S/C13H21BO3/c1-11(2)6-5-9-17-10-12-7-3-4-8-13(12)14(15)16/h3-4,7-8,11,15-16H,5-6,9-10H2,1-2H3. The Kier molecular flexibility index (Phi) is 6.26. The zero-order valence-corrected chi connectivity index (χ0v) is 10.6. The van der Waals surface area contributed by atoms with Gasteiger partial charge in [-0.05, 0) is 29.8 Å². The molecule has 1 rings (SSSR count). The fraction of sp³-hybridized carbons (Fsp3) is 0.538. The van der Waals surface area contributed by atoms with Crippen molar-refractivity contribution >= 4 is 12.6 Å². The second-order valence-corrected chi connectivity index (χ2v) is 4.66. The van der Waals surface area contributed by atoms with Crippen molar-refractivity contribution in [2.24, 2.45) is 5.92 Å². The Morgan fingerprint density at radius 1 is 1.24 bits per heavy atom. The predicted molar refractivity (Wildman–Crippen MR) is 70.0 cm³/mol. The van der Waals surface area contributed by atoms with E-state index in [0.29, 0.717) is 24.6 Å². The summed E-state index contributed by atoms with van der Waals surface area (Å²) in [7, 11) is -1.43. The molecule has 17 heavy (non-hydrogen) atoms. The molecule has 0 saturated heterocycles. The van der Waals surface area contributed by atoms with Crippen molar-refractivity contribution in [3.05, 3.63) is 29.8 Å². The first kappa shape index (κ1) is 14.2. The second-order valence-electron chi connectivity index (χ2n) is 4.66. The lowest BCUT2D eigenvalue weighted by atomic mass is 9.77. The minimum Gasteiger partial charge on any atom is -0.423 e. The molecule has 0 amide bonds. The van der Waals surface area contributed by atoms with Crippen LogP contribution in [0.2, 0.25) is 0 Å². The summed E-state index contributed by atoms with van der Waals surface area (Å²) in [4.78, 5) is 0. The van der Waals surface area contributed by atoms with Crippen molar-refractivity contribution in [2.75, 3.05) is 6.61 Å². The van der Waals surface area contributed by atoms with E-state index in [1.54, 1.807) is 12.1 Å². The summed E-state index contributed by atoms with van der Waals surface area (Å²) in [5.41, 5.74) is 1.36. The summed E-state index contributed by atoms with van der Waals surface area (Å²) in [6.45, 7) is 5.54. The van der Waals surface area contributed by atoms with Crippen LogP contribution in [0.15, 0.2) is 24.3 Å². The molecular formula is C13H21BO3. The van der Waals surface area contributed by atoms with Gasteiger partial charge in [0.1, 0.15) is 0 Å². The molecule has 2 N–H and O–H groups in total. The van der Waals surface area contributed by atoms with Gasteiger partial charge in [0.25, 0.3) is 0 Å². The Balaban J connectivity index is 2.36. The zero-order chi connectivity index (χ0) is 12.7. The SMILES string of the molecule is CC(C)CCCOCc1ccccc1B(O)O. The van der Waals surface area contributed by atoms with E-state index < -0.39 is 7.12 Å². The van der Waals surface area contributed by atoms with Crippen LogP contribution in [0.3, 0.4) is 0 Å². The lowest BCUT2D eigenvalue weighted by molar-refractivity contribution is 0.115. The third-order valence-corrected chi connectivity index (χ3v) is 2.66. The second kappa shape index (κ2) is 7.48. The fourth-order valence-electron chi connectivity index (χ4n) is 1.69. The van der Waals surface area contributed by atoms with Crippen molar-refractivity contribution in [1.82, 2.24) is 0 Å². The molecule has 1 aromatic rings. The van der Waals surface area contributed by atoms with Crippen LogP contribution >= 0.6 is 0 Å². The molecule has 0 spiro atoms. The third-order valence-electron chi connectivity index (χ3n) is 2.66. The molecule has 0 atom stereocenters. The zero-order valence-electron chi connectivity index (χ0n) is 10.6. The van der Waals surface area contributed by atoms with Crippen LogP contribution in [0.4, 0.5) is 0 Å². The van der Waals surface area contributed by atoms with E-state index in [-0.39, 0.29) is 0 Å². The molecule has 1 aromatic carbocycles. The van der Waals surface area contributed by atoms with Crippen LogP contribution in [-0.2, 0) is 11.3 Å². The van der Waals surface area contributed by atoms with Gasteiger partial charge in [-0.25, -0.2) is 0 Å². The van der Waals surface area contributed by atoms with E-state index in [2.05, 4.69) is 13.8 Å². The van der Waals surface area contributed by atoms with Gasteiger partial charge in [0.05, 0.1) is 6.61 Å². The van der Waals surface area contributed by atoms with Crippen molar-refractivity contribution in [3.8, 4) is 0 Å². The van der Waals surface area contributed by atoms with Gasteiger partial charge in [-0.3, -0.25) is 0 Å². The predicted octanol–water partition coefficient (Wildman–Crippen LogP) is 1.32. The van der Waals surface area contributed by atoms with Crippen LogP contribution in [0.25, 0.3) is 0 Å². The maximum Gasteiger partial charge on any atom is 0.488 e. The Labute approximate surface area is 104 Å². The number of benzene rings is 1. The van der Waals surface area contributed by atoms with Gasteiger partial charge in [-0.1, -0.05) is 38.1 Å². The molecule has 0 bridgehead atoms. The number of ether oxygens (including phenoxy) is 1. The fourth-order valence-corrected chi connectivity index (χ4v) is 1.69. The topological polar surface area (TPSA) is 49.7 Å². The Hall–Kier alpha value is -0.835. The van der Waals surface area contributed by atoms with Crippen LogP contribution in [0.1, 0.15) is 32.3 Å². The van der Waals surface area contributed by atoms with Crippen LogP contribution in [0, 0.1) is 5.92 Å². The lowest BCUT2D eigenvalue weighted by Crippen LogP contribution is -2.33. The minimum atomic E-state index is -1.43. The molecule has 0 fully saturated rings. The molecule has 0 aliphatic heterocycles. The van der Waals surface area contributed by atoms with Gasteiger partial charge in [0, 0.05) is 6.61 Å². The molecule has 0 heterocycles. The van der Waals surface area contributed by atoms with E-state index >= 15 is 0 Å². The Bertz CT molecular complexity index is 326. The molecule has 3 nitrogen and oxygen atoms in total. The molecule has 4 heteroatoms. The average molecular weight is 236 g/mol. The third kappa shape index (κ3) is 5.35. The number of rotatable bonds is 7. The summed E-state index contributed by atoms with van der Waals surface area (Å²) in [6, 6.07) is 7.23. The first-order valence-electron chi connectivity index (χ1n) is 6.13. The lowest BCUT2D eigenvalue weighted by Gasteiger charge is -2.10. The highest BCUT2D eigenvalue weighted by Crippen LogP contribution is 2.05. The number of hydrogen-bond acceptors (Lipinski definition) is 3. The summed E-state index contributed by atoms with van der Waals surface area (Å²) in [6.07, 6.45) is 2.20. The largest absolute Gasteiger partial charge is 0.488 e. The monoisotopic (exact) mass is 236 g/mol. The van der Waals surface area contributed by atoms with E-state index in [0.717, 1.165) is 18.4 Å². The smallest absolute Gasteiger partial charge is 0.423 e. The quantitative estimate of drug-likeness (QED) is 0.554. The normalized spacial score (nSPS) is 10.9. The maximum atomic E-state index is 9.18. The molecule has 94 valence electrons. The molecule has 0 unspecified atom stereocenters. The van der Waals surface area contributed by atoms with E-state index in [1.807, 2.05) is 12.1 Å². The van der Waals surface area contributed by atoms with E-state index in [4.69, 9.17) is 4.74 Å². The highest BCUT2D eigenvalue weighted by atomic mass is 16.5. The van der Waals surface area contributed by atoms with Gasteiger partial charge in [0.2, 0.25) is 0 Å². The number of hydrogen-bond donors (Lipinski definition) is 2. The van der Waals surface area contributed by atoms with Crippen molar-refractivity contribution < 1.29 is 14.8 Å². The van der Waals surface area contributed by atoms with Gasteiger partial charge >= 0.3 is 7.12 Å². The summed E-state index contributed by atoms with van der Waals surface area (Å²) in [5, 5.41) is 18.4. The molecule has 0 aliphatic carbocycles. The van der Waals surface area contributed by atoms with E-state index in [9.17, 15) is 10.0 Å². The van der Waals surface area contributed by atoms with Crippen LogP contribution in [0.5, 0.6) is 0 Å². The molecule has 0 aliphatic rings. The van der Waals surface area contributed by atoms with Gasteiger partial charge in [-0.2, -0.15) is 0 Å². The van der Waals surface area contributed by atoms with Crippen molar-refractivity contribution in [1.29, 1.82) is 0 Å². The first-order chi connectivity index (χ1) is 8.11. The van der Waals surface area contributed by atoms with Gasteiger partial charge < -0.3 is 14.8 Å². The van der Waals surface area contributed by atoms with Crippen molar-refractivity contribution in [3.63, 3.8) is 0 Å². The van der Waals surface area contributed by atoms with Gasteiger partial charge in [0.15, 0.2) is 0 Å². The highest BCUT2D eigenvalue weighted by Gasteiger charge is 2.14. The molecule has 0 aromatic heterocycles. The highest BCUT2D eigenvalue weighted by molar-refractivity contribution is 6.59. The molecule has 0 radical (unpaired) electrons. The first-order valence-corrected chi connectivity index (χ1v) is 6.13. The summed E-state index contributed by atoms with van der Waals surface area (Å²) in [5.74, 6) is 0.699. The molecular weight excluding hydrogens is 215 g/mol. The average Bonchev–Trinajstić information content (AvgIpc) is 2.28. The van der Waals surface area contributed by atoms with Gasteiger partial charge in [-0.15, -0.1) is 0 Å². The van der Waals surface area contributed by atoms with E-state index in [1.165, 1.54) is 0 Å². The maximum absolute atomic E-state index is 9.18. The van der Waals surface area contributed by atoms with Crippen molar-refractivity contribution in [2.45, 2.75) is 33.3 Å². The summed E-state index contributed by atoms with van der Waals surface area (Å²) < 4.78 is 5.54. The summed E-state index contributed by atoms with van der Waals surface area (Å²) >= 11 is 0. The Morgan fingerprint density at radius 2 is 1.94 bits per heavy atom. The molecule has 0 saturated carbocycles. The van der Waals surface area contributed by atoms with Crippen LogP contribution < -0.4 is 5.46 Å².